The molecular weight excluding hydrogens is 325 g/mol. The zero-order chi connectivity index (χ0) is 18.2. The van der Waals surface area contributed by atoms with Gasteiger partial charge in [-0.25, -0.2) is 4.79 Å². The summed E-state index contributed by atoms with van der Waals surface area (Å²) in [5.41, 5.74) is -3.09. The smallest absolute Gasteiger partial charge is 0.417 e. The van der Waals surface area contributed by atoms with E-state index in [1.54, 1.807) is 4.90 Å². The van der Waals surface area contributed by atoms with E-state index in [1.807, 2.05) is 25.7 Å². The molecule has 5 nitrogen and oxygen atoms in total. The molecule has 2 aliphatic rings. The molecule has 0 bridgehead atoms. The molecule has 2 fully saturated rings. The van der Waals surface area contributed by atoms with Crippen LogP contribution < -0.4 is 0 Å². The molecule has 140 valence electrons. The second-order valence-corrected chi connectivity index (χ2v) is 7.76. The third kappa shape index (κ3) is 4.53. The number of alkyl halides is 3. The largest absolute Gasteiger partial charge is 0.444 e. The van der Waals surface area contributed by atoms with E-state index in [4.69, 9.17) is 4.74 Å². The third-order valence-corrected chi connectivity index (χ3v) is 4.79. The van der Waals surface area contributed by atoms with Crippen molar-refractivity contribution < 1.29 is 27.8 Å². The van der Waals surface area contributed by atoms with Gasteiger partial charge in [-0.2, -0.15) is 13.2 Å². The molecule has 24 heavy (non-hydrogen) atoms. The second kappa shape index (κ2) is 6.71. The zero-order valence-corrected chi connectivity index (χ0v) is 14.5. The summed E-state index contributed by atoms with van der Waals surface area (Å²) < 4.78 is 43.9. The Kier molecular flexibility index (Phi) is 5.40. The maximum Gasteiger partial charge on any atom is 0.417 e. The number of piperidine rings is 2. The minimum atomic E-state index is -4.57. The first kappa shape index (κ1) is 19.3. The van der Waals surface area contributed by atoms with Crippen molar-refractivity contribution in [2.24, 2.45) is 0 Å². The SMILES string of the molecule is CC(C)(C)OC(=O)N1CCC(N2CCC(O)(C(F)(F)F)CC2)CC1. The summed E-state index contributed by atoms with van der Waals surface area (Å²) >= 11 is 0. The summed E-state index contributed by atoms with van der Waals surface area (Å²) in [5, 5.41) is 9.73. The lowest BCUT2D eigenvalue weighted by atomic mass is 9.89. The van der Waals surface area contributed by atoms with Crippen molar-refractivity contribution in [2.45, 2.75) is 69.9 Å². The molecule has 0 unspecified atom stereocenters. The predicted octanol–water partition coefficient (Wildman–Crippen LogP) is 2.78. The van der Waals surface area contributed by atoms with Crippen molar-refractivity contribution in [3.8, 4) is 0 Å². The summed E-state index contributed by atoms with van der Waals surface area (Å²) in [7, 11) is 0. The Morgan fingerprint density at radius 2 is 1.58 bits per heavy atom. The molecule has 2 aliphatic heterocycles. The maximum absolute atomic E-state index is 12.8. The number of amides is 1. The van der Waals surface area contributed by atoms with E-state index < -0.39 is 17.4 Å². The van der Waals surface area contributed by atoms with E-state index in [2.05, 4.69) is 0 Å². The van der Waals surface area contributed by atoms with Crippen molar-refractivity contribution >= 4 is 6.09 Å². The molecule has 0 radical (unpaired) electrons. The Balaban J connectivity index is 1.81. The van der Waals surface area contributed by atoms with Gasteiger partial charge in [0.1, 0.15) is 5.60 Å². The Morgan fingerprint density at radius 3 is 2.00 bits per heavy atom. The van der Waals surface area contributed by atoms with Gasteiger partial charge in [-0.05, 0) is 46.5 Å². The van der Waals surface area contributed by atoms with Crippen molar-refractivity contribution in [3.05, 3.63) is 0 Å². The molecule has 1 N–H and O–H groups in total. The Labute approximate surface area is 140 Å². The number of hydrogen-bond acceptors (Lipinski definition) is 4. The average Bonchev–Trinajstić information content (AvgIpc) is 2.45. The number of likely N-dealkylation sites (tertiary alicyclic amines) is 2. The highest BCUT2D eigenvalue weighted by atomic mass is 19.4. The van der Waals surface area contributed by atoms with Gasteiger partial charge in [-0.1, -0.05) is 0 Å². The summed E-state index contributed by atoms with van der Waals surface area (Å²) in [6.07, 6.45) is -4.07. The monoisotopic (exact) mass is 352 g/mol. The molecular formula is C16H27F3N2O3. The van der Waals surface area contributed by atoms with Gasteiger partial charge in [-0.15, -0.1) is 0 Å². The van der Waals surface area contributed by atoms with Crippen LogP contribution in [0, 0.1) is 0 Å². The molecule has 0 aromatic carbocycles. The molecule has 2 heterocycles. The quantitative estimate of drug-likeness (QED) is 0.788. The number of hydrogen-bond donors (Lipinski definition) is 1. The van der Waals surface area contributed by atoms with Gasteiger partial charge in [0.15, 0.2) is 5.60 Å². The minimum Gasteiger partial charge on any atom is -0.444 e. The first-order chi connectivity index (χ1) is 10.9. The van der Waals surface area contributed by atoms with Gasteiger partial charge in [0, 0.05) is 32.2 Å². The predicted molar refractivity (Wildman–Crippen MR) is 82.6 cm³/mol. The topological polar surface area (TPSA) is 53.0 Å². The first-order valence-electron chi connectivity index (χ1n) is 8.42. The van der Waals surface area contributed by atoms with Crippen LogP contribution in [0.15, 0.2) is 0 Å². The standard InChI is InChI=1S/C16H27F3N2O3/c1-14(2,3)24-13(22)21-8-4-12(5-9-21)20-10-6-15(23,7-11-20)16(17,18)19/h12,23H,4-11H2,1-3H3. The van der Waals surface area contributed by atoms with Crippen LogP contribution in [0.4, 0.5) is 18.0 Å². The number of ether oxygens (including phenoxy) is 1. The lowest BCUT2D eigenvalue weighted by Crippen LogP contribution is -2.56. The molecule has 0 aromatic heterocycles. The van der Waals surface area contributed by atoms with Crippen LogP contribution in [0.25, 0.3) is 0 Å². The zero-order valence-electron chi connectivity index (χ0n) is 14.5. The van der Waals surface area contributed by atoms with Crippen molar-refractivity contribution in [1.29, 1.82) is 0 Å². The first-order valence-corrected chi connectivity index (χ1v) is 8.42. The van der Waals surface area contributed by atoms with Crippen LogP contribution in [-0.2, 0) is 4.74 Å². The Morgan fingerprint density at radius 1 is 1.08 bits per heavy atom. The van der Waals surface area contributed by atoms with Crippen molar-refractivity contribution in [1.82, 2.24) is 9.80 Å². The number of rotatable bonds is 1. The highest BCUT2D eigenvalue weighted by Crippen LogP contribution is 2.39. The van der Waals surface area contributed by atoms with E-state index >= 15 is 0 Å². The number of carbonyl (C=O) groups is 1. The fourth-order valence-corrected chi connectivity index (χ4v) is 3.28. The Hall–Kier alpha value is -1.02. The van der Waals surface area contributed by atoms with Crippen LogP contribution in [0.2, 0.25) is 0 Å². The van der Waals surface area contributed by atoms with E-state index in [1.165, 1.54) is 0 Å². The van der Waals surface area contributed by atoms with Crippen LogP contribution in [0.1, 0.15) is 46.5 Å². The fourth-order valence-electron chi connectivity index (χ4n) is 3.28. The molecule has 0 saturated carbocycles. The van der Waals surface area contributed by atoms with E-state index in [0.717, 1.165) is 0 Å². The summed E-state index contributed by atoms with van der Waals surface area (Å²) in [6.45, 7) is 6.98. The lowest BCUT2D eigenvalue weighted by molar-refractivity contribution is -0.273. The molecule has 8 heteroatoms. The molecule has 2 rings (SSSR count). The molecule has 0 aliphatic carbocycles. The minimum absolute atomic E-state index is 0.154. The van der Waals surface area contributed by atoms with Gasteiger partial charge in [0.05, 0.1) is 0 Å². The third-order valence-electron chi connectivity index (χ3n) is 4.79. The van der Waals surface area contributed by atoms with Crippen LogP contribution >= 0.6 is 0 Å². The normalized spacial score (nSPS) is 24.0. The number of aliphatic hydroxyl groups is 1. The average molecular weight is 352 g/mol. The number of carbonyl (C=O) groups excluding carboxylic acids is 1. The van der Waals surface area contributed by atoms with Crippen LogP contribution in [0.5, 0.6) is 0 Å². The number of nitrogens with zero attached hydrogens (tertiary/aromatic N) is 2. The van der Waals surface area contributed by atoms with Gasteiger partial charge >= 0.3 is 12.3 Å². The van der Waals surface area contributed by atoms with Gasteiger partial charge in [-0.3, -0.25) is 0 Å². The summed E-state index contributed by atoms with van der Waals surface area (Å²) in [6, 6.07) is 0.154. The van der Waals surface area contributed by atoms with E-state index in [-0.39, 0.29) is 38.1 Å². The van der Waals surface area contributed by atoms with Crippen molar-refractivity contribution in [2.75, 3.05) is 26.2 Å². The van der Waals surface area contributed by atoms with Gasteiger partial charge in [0.25, 0.3) is 0 Å². The highest BCUT2D eigenvalue weighted by molar-refractivity contribution is 5.68. The molecule has 1 amide bonds. The molecule has 2 saturated heterocycles. The van der Waals surface area contributed by atoms with Crippen LogP contribution in [-0.4, -0.2) is 70.6 Å². The second-order valence-electron chi connectivity index (χ2n) is 7.76. The van der Waals surface area contributed by atoms with Gasteiger partial charge in [0.2, 0.25) is 0 Å². The maximum atomic E-state index is 12.8. The highest BCUT2D eigenvalue weighted by Gasteiger charge is 2.54. The lowest BCUT2D eigenvalue weighted by Gasteiger charge is -2.44. The summed E-state index contributed by atoms with van der Waals surface area (Å²) in [5.74, 6) is 0. The van der Waals surface area contributed by atoms with Gasteiger partial charge < -0.3 is 19.6 Å². The van der Waals surface area contributed by atoms with E-state index in [0.29, 0.717) is 25.9 Å². The molecule has 0 atom stereocenters. The van der Waals surface area contributed by atoms with E-state index in [9.17, 15) is 23.1 Å². The van der Waals surface area contributed by atoms with Crippen LogP contribution in [0.3, 0.4) is 0 Å². The molecule has 0 aromatic rings. The summed E-state index contributed by atoms with van der Waals surface area (Å²) in [4.78, 5) is 15.7. The van der Waals surface area contributed by atoms with Crippen molar-refractivity contribution in [3.63, 3.8) is 0 Å². The molecule has 0 spiro atoms. The fraction of sp³-hybridized carbons (Fsp3) is 0.938. The number of halogens is 3. The Bertz CT molecular complexity index is 446.